The van der Waals surface area contributed by atoms with Gasteiger partial charge in [0.05, 0.1) is 29.8 Å². The molecule has 0 spiro atoms. The first kappa shape index (κ1) is 17.2. The zero-order valence-electron chi connectivity index (χ0n) is 13.8. The Morgan fingerprint density at radius 1 is 1.44 bits per heavy atom. The SMILES string of the molecule is CSc1nc(N2CCOC[C@@](C)(O)C2)c2c(n1)sc1c(Cl)nccc12. The van der Waals surface area contributed by atoms with Gasteiger partial charge in [0.1, 0.15) is 21.4 Å². The second-order valence-corrected chi connectivity index (χ2v) is 8.40. The van der Waals surface area contributed by atoms with Crippen LogP contribution in [0.2, 0.25) is 5.15 Å². The van der Waals surface area contributed by atoms with Gasteiger partial charge in [-0.25, -0.2) is 15.0 Å². The number of β-amino-alcohol motifs (C(OH)–C–C–N with tert-alkyl or cyclic N) is 1. The minimum Gasteiger partial charge on any atom is -0.386 e. The standard InChI is InChI=1S/C16H17ClN4O2S2/c1-16(22)7-21(5-6-23-8-16)13-10-9-3-4-18-12(17)11(9)25-14(10)20-15(19-13)24-2/h3-4,22H,5-8H2,1-2H3/t16-/m0/s1. The number of nitrogens with zero attached hydrogens (tertiary/aromatic N) is 4. The summed E-state index contributed by atoms with van der Waals surface area (Å²) in [5.41, 5.74) is -0.932. The highest BCUT2D eigenvalue weighted by atomic mass is 35.5. The molecule has 1 N–H and O–H groups in total. The van der Waals surface area contributed by atoms with Crippen molar-refractivity contribution in [2.45, 2.75) is 17.7 Å². The zero-order chi connectivity index (χ0) is 17.6. The van der Waals surface area contributed by atoms with Crippen molar-refractivity contribution in [2.75, 3.05) is 37.5 Å². The molecule has 3 aromatic rings. The molecule has 0 aromatic carbocycles. The number of thiophene rings is 1. The van der Waals surface area contributed by atoms with Crippen LogP contribution in [0.15, 0.2) is 17.4 Å². The molecule has 3 aromatic heterocycles. The summed E-state index contributed by atoms with van der Waals surface area (Å²) in [7, 11) is 0. The smallest absolute Gasteiger partial charge is 0.190 e. The van der Waals surface area contributed by atoms with Crippen LogP contribution in [0.5, 0.6) is 0 Å². The number of halogens is 1. The third-order valence-electron chi connectivity index (χ3n) is 4.10. The highest BCUT2D eigenvalue weighted by Crippen LogP contribution is 2.41. The van der Waals surface area contributed by atoms with Gasteiger partial charge < -0.3 is 14.7 Å². The van der Waals surface area contributed by atoms with E-state index in [4.69, 9.17) is 21.3 Å². The molecule has 0 unspecified atom stereocenters. The van der Waals surface area contributed by atoms with Gasteiger partial charge in [-0.1, -0.05) is 23.4 Å². The molecule has 25 heavy (non-hydrogen) atoms. The Morgan fingerprint density at radius 3 is 3.08 bits per heavy atom. The number of thioether (sulfide) groups is 1. The molecule has 0 saturated carbocycles. The van der Waals surface area contributed by atoms with E-state index in [-0.39, 0.29) is 0 Å². The molecular weight excluding hydrogens is 380 g/mol. The lowest BCUT2D eigenvalue weighted by Gasteiger charge is -2.28. The van der Waals surface area contributed by atoms with E-state index >= 15 is 0 Å². The Morgan fingerprint density at radius 2 is 2.28 bits per heavy atom. The molecular formula is C16H17ClN4O2S2. The van der Waals surface area contributed by atoms with Crippen molar-refractivity contribution < 1.29 is 9.84 Å². The third kappa shape index (κ3) is 3.17. The maximum atomic E-state index is 10.5. The number of rotatable bonds is 2. The number of ether oxygens (including phenoxy) is 1. The maximum absolute atomic E-state index is 10.5. The average Bonchev–Trinajstić information content (AvgIpc) is 2.86. The number of fused-ring (bicyclic) bond motifs is 3. The topological polar surface area (TPSA) is 71.4 Å². The van der Waals surface area contributed by atoms with Crippen molar-refractivity contribution in [1.82, 2.24) is 15.0 Å². The van der Waals surface area contributed by atoms with Gasteiger partial charge in [0, 0.05) is 18.1 Å². The number of anilines is 1. The van der Waals surface area contributed by atoms with E-state index in [0.717, 1.165) is 26.1 Å². The van der Waals surface area contributed by atoms with Gasteiger partial charge >= 0.3 is 0 Å². The Labute approximate surface area is 158 Å². The Bertz CT molecular complexity index is 947. The fourth-order valence-corrected chi connectivity index (χ4v) is 4.77. The van der Waals surface area contributed by atoms with Crippen LogP contribution in [0.3, 0.4) is 0 Å². The van der Waals surface area contributed by atoms with Crippen LogP contribution in [-0.2, 0) is 4.74 Å². The van der Waals surface area contributed by atoms with E-state index in [2.05, 4.69) is 14.9 Å². The van der Waals surface area contributed by atoms with Gasteiger partial charge in [0.15, 0.2) is 5.16 Å². The molecule has 1 aliphatic heterocycles. The van der Waals surface area contributed by atoms with Crippen LogP contribution in [-0.4, -0.2) is 58.2 Å². The largest absolute Gasteiger partial charge is 0.386 e. The summed E-state index contributed by atoms with van der Waals surface area (Å²) in [6.45, 7) is 3.74. The van der Waals surface area contributed by atoms with Gasteiger partial charge in [-0.15, -0.1) is 11.3 Å². The lowest BCUT2D eigenvalue weighted by atomic mass is 10.1. The highest BCUT2D eigenvalue weighted by molar-refractivity contribution is 7.98. The van der Waals surface area contributed by atoms with Crippen LogP contribution in [0.4, 0.5) is 5.82 Å². The lowest BCUT2D eigenvalue weighted by Crippen LogP contribution is -2.42. The Balaban J connectivity index is 1.97. The minimum atomic E-state index is -0.932. The molecule has 4 heterocycles. The number of hydrogen-bond donors (Lipinski definition) is 1. The number of pyridine rings is 1. The van der Waals surface area contributed by atoms with Gasteiger partial charge in [0.25, 0.3) is 0 Å². The van der Waals surface area contributed by atoms with Crippen molar-refractivity contribution in [2.24, 2.45) is 0 Å². The monoisotopic (exact) mass is 396 g/mol. The normalized spacial score (nSPS) is 21.8. The number of aliphatic hydroxyl groups is 1. The first-order chi connectivity index (χ1) is 12.0. The summed E-state index contributed by atoms with van der Waals surface area (Å²) in [5.74, 6) is 0.814. The summed E-state index contributed by atoms with van der Waals surface area (Å²) in [5, 5.41) is 13.7. The summed E-state index contributed by atoms with van der Waals surface area (Å²) >= 11 is 9.30. The molecule has 1 saturated heterocycles. The fourth-order valence-electron chi connectivity index (χ4n) is 3.04. The Hall–Kier alpha value is -1.19. The molecule has 1 atom stereocenters. The number of hydrogen-bond acceptors (Lipinski definition) is 8. The second kappa shape index (κ2) is 6.51. The van der Waals surface area contributed by atoms with Crippen molar-refractivity contribution in [1.29, 1.82) is 0 Å². The van der Waals surface area contributed by atoms with E-state index in [1.165, 1.54) is 23.1 Å². The zero-order valence-corrected chi connectivity index (χ0v) is 16.2. The highest BCUT2D eigenvalue weighted by Gasteiger charge is 2.30. The molecule has 132 valence electrons. The third-order valence-corrected chi connectivity index (χ3v) is 6.15. The summed E-state index contributed by atoms with van der Waals surface area (Å²) in [6, 6.07) is 1.94. The predicted octanol–water partition coefficient (Wildman–Crippen LogP) is 3.20. The molecule has 9 heteroatoms. The van der Waals surface area contributed by atoms with Crippen molar-refractivity contribution >= 4 is 60.8 Å². The fraction of sp³-hybridized carbons (Fsp3) is 0.438. The van der Waals surface area contributed by atoms with E-state index < -0.39 is 5.60 Å². The maximum Gasteiger partial charge on any atom is 0.190 e. The molecule has 4 rings (SSSR count). The van der Waals surface area contributed by atoms with Crippen LogP contribution in [0.25, 0.3) is 20.3 Å². The van der Waals surface area contributed by atoms with Crippen molar-refractivity contribution in [3.8, 4) is 0 Å². The molecule has 1 fully saturated rings. The first-order valence-electron chi connectivity index (χ1n) is 7.82. The summed E-state index contributed by atoms with van der Waals surface area (Å²) in [6.07, 6.45) is 3.65. The molecule has 0 radical (unpaired) electrons. The molecule has 0 bridgehead atoms. The van der Waals surface area contributed by atoms with Gasteiger partial charge in [0.2, 0.25) is 0 Å². The Kier molecular flexibility index (Phi) is 4.49. The van der Waals surface area contributed by atoms with Crippen LogP contribution in [0.1, 0.15) is 6.92 Å². The van der Waals surface area contributed by atoms with E-state index in [1.54, 1.807) is 13.1 Å². The van der Waals surface area contributed by atoms with Crippen molar-refractivity contribution in [3.05, 3.63) is 17.4 Å². The van der Waals surface area contributed by atoms with E-state index in [1.807, 2.05) is 12.3 Å². The predicted molar refractivity (Wildman–Crippen MR) is 103 cm³/mol. The average molecular weight is 397 g/mol. The lowest BCUT2D eigenvalue weighted by molar-refractivity contribution is -0.0123. The van der Waals surface area contributed by atoms with Crippen LogP contribution < -0.4 is 4.90 Å². The van der Waals surface area contributed by atoms with Gasteiger partial charge in [-0.3, -0.25) is 0 Å². The first-order valence-corrected chi connectivity index (χ1v) is 10.2. The minimum absolute atomic E-state index is 0.313. The second-order valence-electron chi connectivity index (χ2n) is 6.27. The van der Waals surface area contributed by atoms with Crippen molar-refractivity contribution in [3.63, 3.8) is 0 Å². The van der Waals surface area contributed by atoms with Gasteiger partial charge in [-0.05, 0) is 19.2 Å². The molecule has 6 nitrogen and oxygen atoms in total. The van der Waals surface area contributed by atoms with Crippen LogP contribution >= 0.6 is 34.7 Å². The van der Waals surface area contributed by atoms with Gasteiger partial charge in [-0.2, -0.15) is 0 Å². The molecule has 0 amide bonds. The van der Waals surface area contributed by atoms with E-state index in [0.29, 0.717) is 36.6 Å². The van der Waals surface area contributed by atoms with Crippen LogP contribution in [0, 0.1) is 0 Å². The molecule has 0 aliphatic carbocycles. The quantitative estimate of drug-likeness (QED) is 0.405. The molecule has 1 aliphatic rings. The summed E-state index contributed by atoms with van der Waals surface area (Å²) in [4.78, 5) is 16.5. The van der Waals surface area contributed by atoms with E-state index in [9.17, 15) is 5.11 Å². The number of aromatic nitrogens is 3. The summed E-state index contributed by atoms with van der Waals surface area (Å²) < 4.78 is 6.46.